The van der Waals surface area contributed by atoms with Gasteiger partial charge in [-0.05, 0) is 32.0 Å². The fourth-order valence-electron chi connectivity index (χ4n) is 3.79. The number of amides is 1. The highest BCUT2D eigenvalue weighted by Gasteiger charge is 2.47. The summed E-state index contributed by atoms with van der Waals surface area (Å²) in [5.41, 5.74) is 0.851. The third-order valence-corrected chi connectivity index (χ3v) is 4.87. The van der Waals surface area contributed by atoms with Crippen molar-refractivity contribution in [1.29, 1.82) is 0 Å². The van der Waals surface area contributed by atoms with Gasteiger partial charge >= 0.3 is 0 Å². The number of aromatic nitrogens is 2. The minimum atomic E-state index is 0.0502. The van der Waals surface area contributed by atoms with E-state index in [4.69, 9.17) is 4.42 Å². The Kier molecular flexibility index (Phi) is 3.41. The highest BCUT2D eigenvalue weighted by molar-refractivity contribution is 5.96. The minimum absolute atomic E-state index is 0.0502. The van der Waals surface area contributed by atoms with E-state index in [9.17, 15) is 4.79 Å². The maximum Gasteiger partial charge on any atom is 0.227 e. The number of likely N-dealkylation sites (tertiary alicyclic amines) is 1. The van der Waals surface area contributed by atoms with Gasteiger partial charge in [-0.15, -0.1) is 0 Å². The van der Waals surface area contributed by atoms with E-state index in [1.54, 1.807) is 12.4 Å². The van der Waals surface area contributed by atoms with Gasteiger partial charge in [-0.25, -0.2) is 9.97 Å². The maximum atomic E-state index is 12.4. The highest BCUT2D eigenvalue weighted by Crippen LogP contribution is 2.41. The van der Waals surface area contributed by atoms with Gasteiger partial charge in [0, 0.05) is 24.9 Å². The average Bonchev–Trinajstić information content (AvgIpc) is 3.22. The van der Waals surface area contributed by atoms with Crippen molar-refractivity contribution < 1.29 is 9.21 Å². The van der Waals surface area contributed by atoms with Crippen molar-refractivity contribution in [2.75, 3.05) is 24.5 Å². The number of anilines is 1. The van der Waals surface area contributed by atoms with Crippen molar-refractivity contribution in [3.8, 4) is 0 Å². The molecule has 0 bridgehead atoms. The predicted molar refractivity (Wildman–Crippen MR) is 84.8 cm³/mol. The van der Waals surface area contributed by atoms with Crippen LogP contribution in [0.15, 0.2) is 35.3 Å². The first kappa shape index (κ1) is 14.4. The van der Waals surface area contributed by atoms with Crippen LogP contribution in [0.2, 0.25) is 0 Å². The lowest BCUT2D eigenvalue weighted by molar-refractivity contribution is -0.117. The van der Waals surface area contributed by atoms with Crippen LogP contribution in [0.3, 0.4) is 0 Å². The molecule has 2 aromatic rings. The molecule has 0 radical (unpaired) electrons. The molecular formula is C17H20N4O2. The topological polar surface area (TPSA) is 62.5 Å². The van der Waals surface area contributed by atoms with Crippen LogP contribution in [0.5, 0.6) is 0 Å². The molecule has 2 saturated heterocycles. The van der Waals surface area contributed by atoms with E-state index in [0.29, 0.717) is 6.42 Å². The Morgan fingerprint density at radius 2 is 2.09 bits per heavy atom. The summed E-state index contributed by atoms with van der Waals surface area (Å²) in [6.07, 6.45) is 6.56. The lowest BCUT2D eigenvalue weighted by atomic mass is 9.86. The quantitative estimate of drug-likeness (QED) is 0.867. The first-order valence-electron chi connectivity index (χ1n) is 7.97. The molecule has 2 fully saturated rings. The lowest BCUT2D eigenvalue weighted by Crippen LogP contribution is -2.31. The van der Waals surface area contributed by atoms with Gasteiger partial charge in [-0.1, -0.05) is 0 Å². The number of rotatable bonds is 3. The molecule has 23 heavy (non-hydrogen) atoms. The third-order valence-electron chi connectivity index (χ3n) is 4.87. The summed E-state index contributed by atoms with van der Waals surface area (Å²) in [4.78, 5) is 24.7. The first-order valence-corrected chi connectivity index (χ1v) is 7.97. The molecule has 0 aromatic carbocycles. The number of aryl methyl sites for hydroxylation is 1. The van der Waals surface area contributed by atoms with Crippen LogP contribution >= 0.6 is 0 Å². The summed E-state index contributed by atoms with van der Waals surface area (Å²) >= 11 is 0. The summed E-state index contributed by atoms with van der Waals surface area (Å²) < 4.78 is 5.67. The molecule has 120 valence electrons. The molecule has 1 amide bonds. The molecular weight excluding hydrogens is 292 g/mol. The number of hydrogen-bond acceptors (Lipinski definition) is 5. The summed E-state index contributed by atoms with van der Waals surface area (Å²) in [6.45, 7) is 5.48. The van der Waals surface area contributed by atoms with Gasteiger partial charge in [0.05, 0.1) is 24.6 Å². The number of furan rings is 1. The fourth-order valence-corrected chi connectivity index (χ4v) is 3.79. The number of carbonyl (C=O) groups excluding carboxylic acids is 1. The summed E-state index contributed by atoms with van der Waals surface area (Å²) in [6, 6.07) is 4.03. The Morgan fingerprint density at radius 1 is 1.26 bits per heavy atom. The molecule has 1 atom stereocenters. The summed E-state index contributed by atoms with van der Waals surface area (Å²) in [5, 5.41) is 0. The second-order valence-corrected chi connectivity index (χ2v) is 6.73. The van der Waals surface area contributed by atoms with Crippen LogP contribution in [-0.2, 0) is 11.3 Å². The van der Waals surface area contributed by atoms with Gasteiger partial charge < -0.3 is 9.32 Å². The van der Waals surface area contributed by atoms with Crippen molar-refractivity contribution in [2.45, 2.75) is 26.3 Å². The smallest absolute Gasteiger partial charge is 0.227 e. The van der Waals surface area contributed by atoms with Crippen molar-refractivity contribution in [1.82, 2.24) is 14.9 Å². The second kappa shape index (κ2) is 5.45. The second-order valence-electron chi connectivity index (χ2n) is 6.73. The van der Waals surface area contributed by atoms with Gasteiger partial charge in [-0.3, -0.25) is 9.69 Å². The molecule has 0 saturated carbocycles. The largest absolute Gasteiger partial charge is 0.465 e. The van der Waals surface area contributed by atoms with Crippen LogP contribution < -0.4 is 4.90 Å². The predicted octanol–water partition coefficient (Wildman–Crippen LogP) is 2.01. The summed E-state index contributed by atoms with van der Waals surface area (Å²) in [7, 11) is 0. The van der Waals surface area contributed by atoms with Gasteiger partial charge in [0.2, 0.25) is 5.91 Å². The molecule has 6 nitrogen and oxygen atoms in total. The number of hydrogen-bond donors (Lipinski definition) is 0. The molecule has 2 aliphatic rings. The maximum absolute atomic E-state index is 12.4. The Morgan fingerprint density at radius 3 is 2.83 bits per heavy atom. The minimum Gasteiger partial charge on any atom is -0.465 e. The standard InChI is InChI=1S/C17H20N4O2/c1-13-2-3-15(23-13)9-20-5-4-17(10-20)6-16(22)21(11-17)14-7-18-12-19-8-14/h2-3,7-8,12H,4-6,9-11H2,1H3/t17-/m1/s1. The van der Waals surface area contributed by atoms with Crippen LogP contribution in [0.25, 0.3) is 0 Å². The monoisotopic (exact) mass is 312 g/mol. The van der Waals surface area contributed by atoms with Gasteiger partial charge in [0.15, 0.2) is 0 Å². The van der Waals surface area contributed by atoms with E-state index in [0.717, 1.165) is 49.8 Å². The summed E-state index contributed by atoms with van der Waals surface area (Å²) in [5.74, 6) is 2.12. The van der Waals surface area contributed by atoms with Crippen molar-refractivity contribution >= 4 is 11.6 Å². The van der Waals surface area contributed by atoms with E-state index in [-0.39, 0.29) is 11.3 Å². The van der Waals surface area contributed by atoms with E-state index < -0.39 is 0 Å². The molecule has 0 N–H and O–H groups in total. The number of carbonyl (C=O) groups is 1. The van der Waals surface area contributed by atoms with E-state index in [2.05, 4.69) is 14.9 Å². The Balaban J connectivity index is 1.45. The normalized spacial score (nSPS) is 24.9. The highest BCUT2D eigenvalue weighted by atomic mass is 16.3. The first-order chi connectivity index (χ1) is 11.1. The fraction of sp³-hybridized carbons (Fsp3) is 0.471. The molecule has 0 aliphatic carbocycles. The molecule has 4 heterocycles. The van der Waals surface area contributed by atoms with Crippen molar-refractivity contribution in [3.63, 3.8) is 0 Å². The molecule has 0 unspecified atom stereocenters. The van der Waals surface area contributed by atoms with E-state index in [1.165, 1.54) is 6.33 Å². The van der Waals surface area contributed by atoms with Crippen molar-refractivity contribution in [2.24, 2.45) is 5.41 Å². The van der Waals surface area contributed by atoms with E-state index in [1.807, 2.05) is 24.0 Å². The van der Waals surface area contributed by atoms with E-state index >= 15 is 0 Å². The molecule has 4 rings (SSSR count). The Bertz CT molecular complexity index is 714. The van der Waals surface area contributed by atoms with Gasteiger partial charge in [0.25, 0.3) is 0 Å². The molecule has 2 aliphatic heterocycles. The molecule has 1 spiro atoms. The van der Waals surface area contributed by atoms with Gasteiger partial charge in [-0.2, -0.15) is 0 Å². The zero-order chi connectivity index (χ0) is 15.9. The molecule has 2 aromatic heterocycles. The Labute approximate surface area is 135 Å². The van der Waals surface area contributed by atoms with Crippen LogP contribution in [-0.4, -0.2) is 40.4 Å². The molecule has 6 heteroatoms. The third kappa shape index (κ3) is 2.74. The SMILES string of the molecule is Cc1ccc(CN2CC[C@@]3(CC(=O)N(c4cncnc4)C3)C2)o1. The van der Waals surface area contributed by atoms with Gasteiger partial charge in [0.1, 0.15) is 17.8 Å². The van der Waals surface area contributed by atoms with Crippen LogP contribution in [0.4, 0.5) is 5.69 Å². The van der Waals surface area contributed by atoms with Crippen molar-refractivity contribution in [3.05, 3.63) is 42.4 Å². The van der Waals surface area contributed by atoms with Crippen LogP contribution in [0, 0.1) is 12.3 Å². The zero-order valence-corrected chi connectivity index (χ0v) is 13.2. The Hall–Kier alpha value is -2.21. The lowest BCUT2D eigenvalue weighted by Gasteiger charge is -2.23. The van der Waals surface area contributed by atoms with Crippen LogP contribution in [0.1, 0.15) is 24.4 Å². The number of nitrogens with zero attached hydrogens (tertiary/aromatic N) is 4. The zero-order valence-electron chi connectivity index (χ0n) is 13.2. The average molecular weight is 312 g/mol.